The summed E-state index contributed by atoms with van der Waals surface area (Å²) in [5.41, 5.74) is 5.42. The van der Waals surface area contributed by atoms with Crippen molar-refractivity contribution in [2.45, 2.75) is 38.6 Å². The minimum absolute atomic E-state index is 0.0146. The molecule has 0 spiro atoms. The first-order chi connectivity index (χ1) is 24.1. The van der Waals surface area contributed by atoms with Gasteiger partial charge < -0.3 is 35.1 Å². The predicted octanol–water partition coefficient (Wildman–Crippen LogP) is 5.20. The van der Waals surface area contributed by atoms with Gasteiger partial charge in [-0.05, 0) is 88.2 Å². The molecule has 262 valence electrons. The van der Waals surface area contributed by atoms with Crippen molar-refractivity contribution < 1.29 is 38.8 Å². The van der Waals surface area contributed by atoms with E-state index in [1.54, 1.807) is 42.5 Å². The van der Waals surface area contributed by atoms with E-state index in [1.807, 2.05) is 43.3 Å². The highest BCUT2D eigenvalue weighted by molar-refractivity contribution is 14.1. The molecular formula is C36H36BrIN4O8. The predicted molar refractivity (Wildman–Crippen MR) is 199 cm³/mol. The van der Waals surface area contributed by atoms with Gasteiger partial charge in [0, 0.05) is 10.9 Å². The minimum atomic E-state index is -1.40. The summed E-state index contributed by atoms with van der Waals surface area (Å²) in [5, 5.41) is 28.6. The lowest BCUT2D eigenvalue weighted by Crippen LogP contribution is -2.55. The van der Waals surface area contributed by atoms with Crippen LogP contribution < -0.4 is 25.5 Å². The molecule has 4 aromatic carbocycles. The number of nitrogens with one attached hydrogen (secondary N) is 3. The summed E-state index contributed by atoms with van der Waals surface area (Å²) in [6.45, 7) is 1.81. The Bertz CT molecular complexity index is 1760. The van der Waals surface area contributed by atoms with Crippen molar-refractivity contribution in [2.24, 2.45) is 5.10 Å². The fourth-order valence-corrected chi connectivity index (χ4v) is 5.55. The molecule has 0 aliphatic heterocycles. The van der Waals surface area contributed by atoms with E-state index in [-0.39, 0.29) is 18.8 Å². The van der Waals surface area contributed by atoms with E-state index in [1.165, 1.54) is 18.3 Å². The number of phenolic OH excluding ortho intramolecular Hbond substituents is 1. The standard InChI is InChI=1S/C36H36BrIN4O8/c1-2-48-32-18-26(16-29(38)33(32)49-21-25-8-12-27(37)13-9-25)19-39-42-35(46)30(17-23-10-14-28(44)15-11-23)40-34(45)31(20-43)41-36(47)50-22-24-6-4-3-5-7-24/h3-16,18-19,30-31,43-44H,2,17,20-22H2,1H3,(H,40,45)(H,41,47)(H,42,46)/b39-19-/t30-,31-/m0/s1. The van der Waals surface area contributed by atoms with Gasteiger partial charge in [-0.15, -0.1) is 0 Å². The topological polar surface area (TPSA) is 168 Å². The highest BCUT2D eigenvalue weighted by atomic mass is 127. The van der Waals surface area contributed by atoms with Crippen molar-refractivity contribution in [3.05, 3.63) is 121 Å². The highest BCUT2D eigenvalue weighted by Crippen LogP contribution is 2.34. The molecule has 4 aromatic rings. The Labute approximate surface area is 311 Å². The zero-order valence-electron chi connectivity index (χ0n) is 27.0. The van der Waals surface area contributed by atoms with Crippen molar-refractivity contribution in [3.63, 3.8) is 0 Å². The maximum Gasteiger partial charge on any atom is 0.408 e. The van der Waals surface area contributed by atoms with Gasteiger partial charge in [-0.3, -0.25) is 9.59 Å². The Morgan fingerprint density at radius 2 is 1.54 bits per heavy atom. The first-order valence-corrected chi connectivity index (χ1v) is 17.3. The van der Waals surface area contributed by atoms with E-state index in [2.05, 4.69) is 59.7 Å². The van der Waals surface area contributed by atoms with Gasteiger partial charge in [0.2, 0.25) is 5.91 Å². The molecule has 50 heavy (non-hydrogen) atoms. The van der Waals surface area contributed by atoms with Crippen LogP contribution in [0.5, 0.6) is 17.2 Å². The van der Waals surface area contributed by atoms with Crippen LogP contribution in [0.4, 0.5) is 4.79 Å². The number of amides is 3. The van der Waals surface area contributed by atoms with E-state index < -0.39 is 36.6 Å². The van der Waals surface area contributed by atoms with E-state index in [4.69, 9.17) is 14.2 Å². The van der Waals surface area contributed by atoms with Gasteiger partial charge in [0.1, 0.15) is 31.0 Å². The quantitative estimate of drug-likeness (QED) is 0.0583. The lowest BCUT2D eigenvalue weighted by molar-refractivity contribution is -0.130. The normalized spacial score (nSPS) is 12.1. The summed E-state index contributed by atoms with van der Waals surface area (Å²) in [6.07, 6.45) is 0.528. The molecule has 14 heteroatoms. The van der Waals surface area contributed by atoms with Gasteiger partial charge in [-0.2, -0.15) is 5.10 Å². The molecule has 0 radical (unpaired) electrons. The molecule has 0 unspecified atom stereocenters. The van der Waals surface area contributed by atoms with Gasteiger partial charge >= 0.3 is 6.09 Å². The van der Waals surface area contributed by atoms with E-state index >= 15 is 0 Å². The van der Waals surface area contributed by atoms with Crippen molar-refractivity contribution in [1.82, 2.24) is 16.1 Å². The van der Waals surface area contributed by atoms with Gasteiger partial charge in [-0.1, -0.05) is 70.5 Å². The first-order valence-electron chi connectivity index (χ1n) is 15.5. The van der Waals surface area contributed by atoms with E-state index in [0.717, 1.165) is 19.2 Å². The number of rotatable bonds is 16. The molecule has 0 aliphatic rings. The number of hydrogen-bond donors (Lipinski definition) is 5. The number of hydrogen-bond acceptors (Lipinski definition) is 9. The number of hydrazone groups is 1. The fraction of sp³-hybridized carbons (Fsp3) is 0.222. The van der Waals surface area contributed by atoms with Gasteiger partial charge in [0.05, 0.1) is 23.0 Å². The summed E-state index contributed by atoms with van der Waals surface area (Å²) < 4.78 is 18.8. The molecule has 0 heterocycles. The highest BCUT2D eigenvalue weighted by Gasteiger charge is 2.27. The van der Waals surface area contributed by atoms with Crippen LogP contribution in [0, 0.1) is 3.57 Å². The summed E-state index contributed by atoms with van der Waals surface area (Å²) >= 11 is 5.57. The molecule has 2 atom stereocenters. The molecule has 0 bridgehead atoms. The van der Waals surface area contributed by atoms with Crippen LogP contribution in [0.2, 0.25) is 0 Å². The van der Waals surface area contributed by atoms with Crippen LogP contribution in [0.3, 0.4) is 0 Å². The van der Waals surface area contributed by atoms with Crippen LogP contribution in [-0.4, -0.2) is 59.6 Å². The van der Waals surface area contributed by atoms with Gasteiger partial charge in [0.15, 0.2) is 11.5 Å². The Hall–Kier alpha value is -4.67. The molecule has 0 saturated carbocycles. The van der Waals surface area contributed by atoms with E-state index in [0.29, 0.717) is 35.8 Å². The molecule has 0 aromatic heterocycles. The van der Waals surface area contributed by atoms with Gasteiger partial charge in [-0.25, -0.2) is 10.2 Å². The maximum absolute atomic E-state index is 13.4. The second-order valence-corrected chi connectivity index (χ2v) is 12.9. The Morgan fingerprint density at radius 3 is 2.22 bits per heavy atom. The Balaban J connectivity index is 1.43. The average molecular weight is 860 g/mol. The second-order valence-electron chi connectivity index (χ2n) is 10.8. The number of benzene rings is 4. The monoisotopic (exact) mass is 858 g/mol. The van der Waals surface area contributed by atoms with Crippen LogP contribution in [0.25, 0.3) is 0 Å². The van der Waals surface area contributed by atoms with Crippen molar-refractivity contribution >= 4 is 62.6 Å². The molecule has 12 nitrogen and oxygen atoms in total. The SMILES string of the molecule is CCOc1cc(/C=N\NC(=O)[C@H](Cc2ccc(O)cc2)NC(=O)[C@H](CO)NC(=O)OCc2ccccc2)cc(I)c1OCc1ccc(Br)cc1. The van der Waals surface area contributed by atoms with E-state index in [9.17, 15) is 24.6 Å². The third kappa shape index (κ3) is 12.0. The lowest BCUT2D eigenvalue weighted by atomic mass is 10.0. The lowest BCUT2D eigenvalue weighted by Gasteiger charge is -2.21. The number of carbonyl (C=O) groups is 3. The van der Waals surface area contributed by atoms with Crippen LogP contribution in [-0.2, 0) is 34.0 Å². The second kappa shape index (κ2) is 19.5. The summed E-state index contributed by atoms with van der Waals surface area (Å²) in [4.78, 5) is 38.9. The number of aliphatic hydroxyl groups is 1. The number of alkyl carbamates (subject to hydrolysis) is 1. The van der Waals surface area contributed by atoms with Crippen molar-refractivity contribution in [3.8, 4) is 17.2 Å². The molecule has 5 N–H and O–H groups in total. The van der Waals surface area contributed by atoms with Crippen LogP contribution in [0.15, 0.2) is 101 Å². The minimum Gasteiger partial charge on any atom is -0.508 e. The molecule has 4 rings (SSSR count). The molecular weight excluding hydrogens is 823 g/mol. The number of nitrogens with zero attached hydrogens (tertiary/aromatic N) is 1. The zero-order chi connectivity index (χ0) is 35.9. The number of aliphatic hydroxyl groups excluding tert-OH is 1. The number of halogens is 2. The molecule has 3 amide bonds. The van der Waals surface area contributed by atoms with Crippen molar-refractivity contribution in [2.75, 3.05) is 13.2 Å². The smallest absolute Gasteiger partial charge is 0.408 e. The van der Waals surface area contributed by atoms with Crippen molar-refractivity contribution in [1.29, 1.82) is 0 Å². The Kier molecular flexibility index (Phi) is 14.9. The van der Waals surface area contributed by atoms with Crippen LogP contribution in [0.1, 0.15) is 29.2 Å². The summed E-state index contributed by atoms with van der Waals surface area (Å²) in [5.74, 6) is -0.370. The summed E-state index contributed by atoms with van der Waals surface area (Å²) in [7, 11) is 0. The number of phenols is 1. The Morgan fingerprint density at radius 1 is 0.860 bits per heavy atom. The van der Waals surface area contributed by atoms with Crippen LogP contribution >= 0.6 is 38.5 Å². The fourth-order valence-electron chi connectivity index (χ4n) is 4.50. The number of carbonyl (C=O) groups excluding carboxylic acids is 3. The average Bonchev–Trinajstić information content (AvgIpc) is 3.11. The first kappa shape index (κ1) is 38.1. The summed E-state index contributed by atoms with van der Waals surface area (Å²) in [6, 6.07) is 23.8. The molecule has 0 saturated heterocycles. The number of ether oxygens (including phenoxy) is 3. The largest absolute Gasteiger partial charge is 0.508 e. The zero-order valence-corrected chi connectivity index (χ0v) is 30.7. The number of aromatic hydroxyl groups is 1. The third-order valence-corrected chi connectivity index (χ3v) is 8.36. The molecule has 0 aliphatic carbocycles. The molecule has 0 fully saturated rings. The van der Waals surface area contributed by atoms with Gasteiger partial charge in [0.25, 0.3) is 5.91 Å². The third-order valence-electron chi connectivity index (χ3n) is 7.03. The maximum atomic E-state index is 13.4.